The summed E-state index contributed by atoms with van der Waals surface area (Å²) in [6.07, 6.45) is 7.04. The van der Waals surface area contributed by atoms with Crippen molar-refractivity contribution in [3.8, 4) is 5.75 Å². The lowest BCUT2D eigenvalue weighted by Gasteiger charge is -2.20. The first-order chi connectivity index (χ1) is 8.70. The maximum absolute atomic E-state index is 12.2. The molecule has 0 saturated heterocycles. The summed E-state index contributed by atoms with van der Waals surface area (Å²) < 4.78 is 5.27. The van der Waals surface area contributed by atoms with Gasteiger partial charge in [0.2, 0.25) is 0 Å². The van der Waals surface area contributed by atoms with Crippen LogP contribution < -0.4 is 4.74 Å². The number of ether oxygens (including phenoxy) is 1. The van der Waals surface area contributed by atoms with E-state index < -0.39 is 0 Å². The lowest BCUT2D eigenvalue weighted by atomic mass is 9.84. The molecule has 2 rings (SSSR count). The minimum absolute atomic E-state index is 0.264. The molecule has 0 N–H and O–H groups in total. The molecule has 0 aliphatic heterocycles. The van der Waals surface area contributed by atoms with E-state index in [2.05, 4.69) is 0 Å². The Balaban J connectivity index is 2.03. The van der Waals surface area contributed by atoms with Crippen LogP contribution in [-0.4, -0.2) is 12.9 Å². The first kappa shape index (κ1) is 13.1. The molecule has 1 saturated carbocycles. The molecule has 1 aromatic carbocycles. The van der Waals surface area contributed by atoms with Gasteiger partial charge >= 0.3 is 0 Å². The third-order valence-corrected chi connectivity index (χ3v) is 3.93. The summed E-state index contributed by atoms with van der Waals surface area (Å²) in [5, 5.41) is 0. The fraction of sp³-hybridized carbons (Fsp3) is 0.562. The van der Waals surface area contributed by atoms with Crippen LogP contribution in [0.25, 0.3) is 0 Å². The highest BCUT2D eigenvalue weighted by Crippen LogP contribution is 2.28. The summed E-state index contributed by atoms with van der Waals surface area (Å²) in [6, 6.07) is 5.76. The lowest BCUT2D eigenvalue weighted by Crippen LogP contribution is -2.12. The van der Waals surface area contributed by atoms with Gasteiger partial charge in [0.05, 0.1) is 7.11 Å². The van der Waals surface area contributed by atoms with Crippen molar-refractivity contribution in [3.05, 3.63) is 29.3 Å². The molecule has 1 fully saturated rings. The van der Waals surface area contributed by atoms with Crippen LogP contribution in [0.4, 0.5) is 0 Å². The Bertz CT molecular complexity index is 417. The van der Waals surface area contributed by atoms with Gasteiger partial charge in [-0.15, -0.1) is 0 Å². The van der Waals surface area contributed by atoms with Gasteiger partial charge in [0.25, 0.3) is 0 Å². The van der Waals surface area contributed by atoms with Crippen LogP contribution in [0.15, 0.2) is 18.2 Å². The zero-order valence-electron chi connectivity index (χ0n) is 11.4. The normalized spacial score (nSPS) is 16.6. The molecule has 2 nitrogen and oxygen atoms in total. The van der Waals surface area contributed by atoms with E-state index in [4.69, 9.17) is 4.74 Å². The molecular weight excluding hydrogens is 224 g/mol. The van der Waals surface area contributed by atoms with Crippen LogP contribution >= 0.6 is 0 Å². The first-order valence-corrected chi connectivity index (χ1v) is 6.88. The number of hydrogen-bond donors (Lipinski definition) is 0. The van der Waals surface area contributed by atoms with Crippen molar-refractivity contribution in [2.45, 2.75) is 45.4 Å². The van der Waals surface area contributed by atoms with E-state index in [1.807, 2.05) is 25.1 Å². The van der Waals surface area contributed by atoms with Gasteiger partial charge in [-0.2, -0.15) is 0 Å². The third kappa shape index (κ3) is 3.12. The molecule has 0 bridgehead atoms. The summed E-state index contributed by atoms with van der Waals surface area (Å²) in [5.41, 5.74) is 1.87. The molecule has 0 amide bonds. The minimum Gasteiger partial charge on any atom is -0.496 e. The van der Waals surface area contributed by atoms with E-state index in [-0.39, 0.29) is 5.78 Å². The molecule has 98 valence electrons. The number of benzene rings is 1. The monoisotopic (exact) mass is 246 g/mol. The van der Waals surface area contributed by atoms with Crippen LogP contribution in [0.3, 0.4) is 0 Å². The maximum atomic E-state index is 12.2. The van der Waals surface area contributed by atoms with Crippen molar-refractivity contribution in [1.82, 2.24) is 0 Å². The molecule has 0 unspecified atom stereocenters. The number of aryl methyl sites for hydroxylation is 1. The Morgan fingerprint density at radius 1 is 1.28 bits per heavy atom. The Labute approximate surface area is 109 Å². The van der Waals surface area contributed by atoms with Crippen molar-refractivity contribution in [2.75, 3.05) is 7.11 Å². The smallest absolute Gasteiger partial charge is 0.163 e. The van der Waals surface area contributed by atoms with Gasteiger partial charge in [-0.05, 0) is 24.5 Å². The summed E-state index contributed by atoms with van der Waals surface area (Å²) in [4.78, 5) is 12.2. The number of Topliss-reactive ketones (excluding diaryl/α,β-unsaturated/α-hetero) is 1. The van der Waals surface area contributed by atoms with E-state index >= 15 is 0 Å². The number of carbonyl (C=O) groups excluding carboxylic acids is 1. The molecule has 0 heterocycles. The molecule has 0 spiro atoms. The van der Waals surface area contributed by atoms with Gasteiger partial charge in [-0.1, -0.05) is 44.2 Å². The average Bonchev–Trinajstić information content (AvgIpc) is 2.40. The molecule has 2 heteroatoms. The lowest BCUT2D eigenvalue weighted by molar-refractivity contribution is 0.0950. The van der Waals surface area contributed by atoms with Gasteiger partial charge in [-0.25, -0.2) is 0 Å². The second-order valence-corrected chi connectivity index (χ2v) is 5.32. The topological polar surface area (TPSA) is 26.3 Å². The third-order valence-electron chi connectivity index (χ3n) is 3.93. The highest BCUT2D eigenvalue weighted by Gasteiger charge is 2.18. The van der Waals surface area contributed by atoms with Crippen molar-refractivity contribution in [1.29, 1.82) is 0 Å². The predicted molar refractivity (Wildman–Crippen MR) is 73.3 cm³/mol. The number of methoxy groups -OCH3 is 1. The molecule has 18 heavy (non-hydrogen) atoms. The predicted octanol–water partition coefficient (Wildman–Crippen LogP) is 4.16. The first-order valence-electron chi connectivity index (χ1n) is 6.88. The summed E-state index contributed by atoms with van der Waals surface area (Å²) in [5.74, 6) is 1.67. The van der Waals surface area contributed by atoms with E-state index in [1.165, 1.54) is 32.1 Å². The highest BCUT2D eigenvalue weighted by atomic mass is 16.5. The quantitative estimate of drug-likeness (QED) is 0.746. The summed E-state index contributed by atoms with van der Waals surface area (Å²) in [7, 11) is 1.65. The van der Waals surface area contributed by atoms with Gasteiger partial charge < -0.3 is 4.74 Å². The minimum atomic E-state index is 0.264. The van der Waals surface area contributed by atoms with E-state index in [1.54, 1.807) is 7.11 Å². The van der Waals surface area contributed by atoms with Crippen molar-refractivity contribution in [2.24, 2.45) is 5.92 Å². The number of rotatable bonds is 4. The van der Waals surface area contributed by atoms with Crippen LogP contribution in [0.1, 0.15) is 54.4 Å². The summed E-state index contributed by atoms with van der Waals surface area (Å²) >= 11 is 0. The average molecular weight is 246 g/mol. The Morgan fingerprint density at radius 3 is 2.67 bits per heavy atom. The molecular formula is C16H22O2. The SMILES string of the molecule is COc1cc(C(=O)CC2CCCCC2)ccc1C. The van der Waals surface area contributed by atoms with E-state index in [0.717, 1.165) is 16.9 Å². The Kier molecular flexibility index (Phi) is 4.40. The van der Waals surface area contributed by atoms with E-state index in [9.17, 15) is 4.79 Å². The van der Waals surface area contributed by atoms with Gasteiger partial charge in [0.1, 0.15) is 5.75 Å². The Hall–Kier alpha value is -1.31. The number of hydrogen-bond acceptors (Lipinski definition) is 2. The van der Waals surface area contributed by atoms with E-state index in [0.29, 0.717) is 12.3 Å². The van der Waals surface area contributed by atoms with Crippen LogP contribution in [0, 0.1) is 12.8 Å². The molecule has 1 aliphatic carbocycles. The fourth-order valence-corrected chi connectivity index (χ4v) is 2.76. The molecule has 0 radical (unpaired) electrons. The largest absolute Gasteiger partial charge is 0.496 e. The van der Waals surface area contributed by atoms with Crippen LogP contribution in [0.5, 0.6) is 5.75 Å². The zero-order valence-corrected chi connectivity index (χ0v) is 11.4. The van der Waals surface area contributed by atoms with Crippen LogP contribution in [-0.2, 0) is 0 Å². The van der Waals surface area contributed by atoms with Gasteiger partial charge in [-0.3, -0.25) is 4.79 Å². The van der Waals surface area contributed by atoms with Crippen molar-refractivity contribution < 1.29 is 9.53 Å². The Morgan fingerprint density at radius 2 is 2.00 bits per heavy atom. The second-order valence-electron chi connectivity index (χ2n) is 5.32. The van der Waals surface area contributed by atoms with Gasteiger partial charge in [0, 0.05) is 12.0 Å². The number of ketones is 1. The van der Waals surface area contributed by atoms with Gasteiger partial charge in [0.15, 0.2) is 5.78 Å². The van der Waals surface area contributed by atoms with Crippen molar-refractivity contribution in [3.63, 3.8) is 0 Å². The summed E-state index contributed by atoms with van der Waals surface area (Å²) in [6.45, 7) is 1.99. The zero-order chi connectivity index (χ0) is 13.0. The van der Waals surface area contributed by atoms with Crippen molar-refractivity contribution >= 4 is 5.78 Å². The second kappa shape index (κ2) is 6.03. The standard InChI is InChI=1S/C16H22O2/c1-12-8-9-14(11-16(12)18-2)15(17)10-13-6-4-3-5-7-13/h8-9,11,13H,3-7,10H2,1-2H3. The molecule has 1 aromatic rings. The molecule has 0 atom stereocenters. The molecule has 0 aromatic heterocycles. The molecule has 1 aliphatic rings. The highest BCUT2D eigenvalue weighted by molar-refractivity contribution is 5.96. The fourth-order valence-electron chi connectivity index (χ4n) is 2.76. The number of carbonyl (C=O) groups is 1. The van der Waals surface area contributed by atoms with Crippen LogP contribution in [0.2, 0.25) is 0 Å². The maximum Gasteiger partial charge on any atom is 0.163 e.